The smallest absolute Gasteiger partial charge is 0.299 e. The summed E-state index contributed by atoms with van der Waals surface area (Å²) in [5.41, 5.74) is 1.81. The van der Waals surface area contributed by atoms with Crippen LogP contribution in [0.25, 0.3) is 16.3 Å². The lowest BCUT2D eigenvalue weighted by Gasteiger charge is -2.27. The largest absolute Gasteiger partial charge is 0.416 e. The summed E-state index contributed by atoms with van der Waals surface area (Å²) in [7, 11) is 0. The second-order valence-corrected chi connectivity index (χ2v) is 7.13. The minimum Gasteiger partial charge on any atom is -0.299 e. The van der Waals surface area contributed by atoms with E-state index in [1.165, 1.54) is 17.0 Å². The number of alkyl halides is 3. The molecule has 0 radical (unpaired) electrons. The average molecular weight is 382 g/mol. The van der Waals surface area contributed by atoms with E-state index < -0.39 is 11.7 Å². The van der Waals surface area contributed by atoms with Gasteiger partial charge in [0.25, 0.3) is 0 Å². The van der Waals surface area contributed by atoms with Gasteiger partial charge in [0.1, 0.15) is 0 Å². The Balaban J connectivity index is 1.42. The molecular formula is C23H21F3N2. The quantitative estimate of drug-likeness (QED) is 0.585. The van der Waals surface area contributed by atoms with E-state index in [-0.39, 0.29) is 0 Å². The van der Waals surface area contributed by atoms with Gasteiger partial charge in [-0.3, -0.25) is 9.88 Å². The first-order chi connectivity index (χ1) is 13.5. The molecule has 1 aliphatic rings. The summed E-state index contributed by atoms with van der Waals surface area (Å²) in [5.74, 6) is 0. The van der Waals surface area contributed by atoms with E-state index in [0.29, 0.717) is 18.5 Å². The third kappa shape index (κ3) is 4.09. The molecule has 4 rings (SSSR count). The normalized spacial score (nSPS) is 15.6. The van der Waals surface area contributed by atoms with Gasteiger partial charge in [0.05, 0.1) is 5.56 Å². The van der Waals surface area contributed by atoms with Crippen molar-refractivity contribution in [2.45, 2.75) is 19.0 Å². The molecule has 0 N–H and O–H groups in total. The number of halogens is 3. The molecule has 0 saturated carbocycles. The molecule has 0 amide bonds. The van der Waals surface area contributed by atoms with Crippen molar-refractivity contribution in [2.75, 3.05) is 19.6 Å². The first kappa shape index (κ1) is 18.7. The van der Waals surface area contributed by atoms with Crippen molar-refractivity contribution in [2.24, 2.45) is 0 Å². The summed E-state index contributed by atoms with van der Waals surface area (Å²) in [5, 5.41) is 2.30. The van der Waals surface area contributed by atoms with Crippen molar-refractivity contribution < 1.29 is 13.2 Å². The van der Waals surface area contributed by atoms with Crippen molar-refractivity contribution in [3.05, 3.63) is 83.7 Å². The Bertz CT molecular complexity index is 1010. The number of aromatic nitrogens is 1. The van der Waals surface area contributed by atoms with Gasteiger partial charge in [-0.15, -0.1) is 0 Å². The third-order valence-corrected chi connectivity index (χ3v) is 5.29. The molecule has 0 atom stereocenters. The second-order valence-electron chi connectivity index (χ2n) is 7.13. The van der Waals surface area contributed by atoms with Crippen LogP contribution in [0, 0.1) is 0 Å². The first-order valence-electron chi connectivity index (χ1n) is 9.41. The van der Waals surface area contributed by atoms with E-state index in [2.05, 4.69) is 28.1 Å². The average Bonchev–Trinajstić information content (AvgIpc) is 2.72. The Labute approximate surface area is 162 Å². The van der Waals surface area contributed by atoms with E-state index in [1.807, 2.05) is 18.3 Å². The minimum atomic E-state index is -4.32. The zero-order valence-electron chi connectivity index (χ0n) is 15.4. The number of hydrogen-bond donors (Lipinski definition) is 0. The predicted molar refractivity (Wildman–Crippen MR) is 106 cm³/mol. The van der Waals surface area contributed by atoms with Crippen LogP contribution < -0.4 is 0 Å². The number of pyridine rings is 1. The molecule has 0 unspecified atom stereocenters. The lowest BCUT2D eigenvalue weighted by Crippen LogP contribution is -2.30. The SMILES string of the molecule is FC(F)(F)c1ccccc1C1=CCN(CCc2ccc3ccncc3c2)CC1. The van der Waals surface area contributed by atoms with Crippen LogP contribution in [0.4, 0.5) is 13.2 Å². The van der Waals surface area contributed by atoms with Crippen LogP contribution in [-0.2, 0) is 12.6 Å². The molecular weight excluding hydrogens is 361 g/mol. The number of rotatable bonds is 4. The van der Waals surface area contributed by atoms with Gasteiger partial charge in [0.15, 0.2) is 0 Å². The number of benzene rings is 2. The van der Waals surface area contributed by atoms with Gasteiger partial charge in [-0.05, 0) is 53.1 Å². The van der Waals surface area contributed by atoms with Crippen LogP contribution in [0.15, 0.2) is 67.0 Å². The summed E-state index contributed by atoms with van der Waals surface area (Å²) < 4.78 is 39.8. The van der Waals surface area contributed by atoms with Crippen LogP contribution >= 0.6 is 0 Å². The van der Waals surface area contributed by atoms with E-state index in [4.69, 9.17) is 0 Å². The zero-order valence-corrected chi connectivity index (χ0v) is 15.4. The van der Waals surface area contributed by atoms with Gasteiger partial charge in [-0.25, -0.2) is 0 Å². The maximum absolute atomic E-state index is 13.3. The van der Waals surface area contributed by atoms with Crippen molar-refractivity contribution in [1.29, 1.82) is 0 Å². The van der Waals surface area contributed by atoms with E-state index >= 15 is 0 Å². The maximum Gasteiger partial charge on any atom is 0.416 e. The highest BCUT2D eigenvalue weighted by Gasteiger charge is 2.34. The van der Waals surface area contributed by atoms with E-state index in [9.17, 15) is 13.2 Å². The van der Waals surface area contributed by atoms with Crippen LogP contribution in [0.3, 0.4) is 0 Å². The fourth-order valence-corrected chi connectivity index (χ4v) is 3.75. The molecule has 28 heavy (non-hydrogen) atoms. The highest BCUT2D eigenvalue weighted by atomic mass is 19.4. The Morgan fingerprint density at radius 2 is 1.86 bits per heavy atom. The molecule has 0 saturated heterocycles. The summed E-state index contributed by atoms with van der Waals surface area (Å²) in [6, 6.07) is 14.3. The number of fused-ring (bicyclic) bond motifs is 1. The summed E-state index contributed by atoms with van der Waals surface area (Å²) >= 11 is 0. The molecule has 2 heterocycles. The van der Waals surface area contributed by atoms with Crippen molar-refractivity contribution in [3.63, 3.8) is 0 Å². The van der Waals surface area contributed by atoms with Crippen LogP contribution in [0.5, 0.6) is 0 Å². The lowest BCUT2D eigenvalue weighted by molar-refractivity contribution is -0.137. The molecule has 0 aliphatic carbocycles. The van der Waals surface area contributed by atoms with Gasteiger partial charge in [-0.2, -0.15) is 13.2 Å². The van der Waals surface area contributed by atoms with Crippen molar-refractivity contribution in [3.8, 4) is 0 Å². The Kier molecular flexibility index (Phi) is 5.18. The minimum absolute atomic E-state index is 0.316. The molecule has 5 heteroatoms. The monoisotopic (exact) mass is 382 g/mol. The molecule has 0 spiro atoms. The Morgan fingerprint density at radius 3 is 2.64 bits per heavy atom. The fourth-order valence-electron chi connectivity index (χ4n) is 3.75. The summed E-state index contributed by atoms with van der Waals surface area (Å²) in [6.45, 7) is 2.33. The topological polar surface area (TPSA) is 16.1 Å². The first-order valence-corrected chi connectivity index (χ1v) is 9.41. The maximum atomic E-state index is 13.3. The Hall–Kier alpha value is -2.66. The molecule has 0 bridgehead atoms. The Morgan fingerprint density at radius 1 is 1.00 bits per heavy atom. The molecule has 2 nitrogen and oxygen atoms in total. The molecule has 1 aromatic heterocycles. The van der Waals surface area contributed by atoms with Crippen LogP contribution in [0.1, 0.15) is 23.1 Å². The van der Waals surface area contributed by atoms with Gasteiger partial charge in [0.2, 0.25) is 0 Å². The second kappa shape index (κ2) is 7.76. The third-order valence-electron chi connectivity index (χ3n) is 5.29. The van der Waals surface area contributed by atoms with Gasteiger partial charge < -0.3 is 0 Å². The molecule has 144 valence electrons. The fraction of sp³-hybridized carbons (Fsp3) is 0.261. The van der Waals surface area contributed by atoms with Gasteiger partial charge in [0, 0.05) is 37.4 Å². The molecule has 0 fully saturated rings. The van der Waals surface area contributed by atoms with Crippen LogP contribution in [-0.4, -0.2) is 29.5 Å². The van der Waals surface area contributed by atoms with Gasteiger partial charge in [-0.1, -0.05) is 36.4 Å². The number of nitrogens with zero attached hydrogens (tertiary/aromatic N) is 2. The highest BCUT2D eigenvalue weighted by Crippen LogP contribution is 2.36. The lowest BCUT2D eigenvalue weighted by atomic mass is 9.94. The zero-order chi connectivity index (χ0) is 19.6. The predicted octanol–water partition coefficient (Wildman–Crippen LogP) is 5.59. The highest BCUT2D eigenvalue weighted by molar-refractivity contribution is 5.82. The van der Waals surface area contributed by atoms with Crippen molar-refractivity contribution in [1.82, 2.24) is 9.88 Å². The number of hydrogen-bond acceptors (Lipinski definition) is 2. The van der Waals surface area contributed by atoms with Crippen LogP contribution in [0.2, 0.25) is 0 Å². The summed E-state index contributed by atoms with van der Waals surface area (Å²) in [4.78, 5) is 6.45. The van der Waals surface area contributed by atoms with Crippen molar-refractivity contribution >= 4 is 16.3 Å². The standard InChI is InChI=1S/C23H21F3N2/c24-23(25,26)22-4-2-1-3-21(22)19-9-13-28(14-10-19)12-8-17-5-6-18-7-11-27-16-20(18)15-17/h1-7,9,11,15-16H,8,10,12-14H2. The van der Waals surface area contributed by atoms with E-state index in [1.54, 1.807) is 18.3 Å². The molecule has 1 aliphatic heterocycles. The van der Waals surface area contributed by atoms with Gasteiger partial charge >= 0.3 is 6.18 Å². The molecule has 3 aromatic rings. The van der Waals surface area contributed by atoms with E-state index in [0.717, 1.165) is 36.5 Å². The summed E-state index contributed by atoms with van der Waals surface area (Å²) in [6.07, 6.45) is 2.82. The molecule has 2 aromatic carbocycles.